The quantitative estimate of drug-likeness (QED) is 0.737. The number of ketones is 1. The third-order valence-corrected chi connectivity index (χ3v) is 5.62. The number of ether oxygens (including phenoxy) is 2. The molecule has 5 nitrogen and oxygen atoms in total. The zero-order valence-electron chi connectivity index (χ0n) is 15.0. The number of hydrogen-bond acceptors (Lipinski definition) is 5. The van der Waals surface area contributed by atoms with Gasteiger partial charge in [-0.25, -0.2) is 9.18 Å². The SMILES string of the molecule is CC(C)C[C@@H]1OC(=O)C2=C1NC1=C(C(=O)COC1)[C@H]2c1ccc(F)c(Br)c1. The summed E-state index contributed by atoms with van der Waals surface area (Å²) in [6.45, 7) is 4.34. The van der Waals surface area contributed by atoms with Crippen molar-refractivity contribution in [2.24, 2.45) is 5.92 Å². The molecular formula is C20H19BrFNO4. The summed E-state index contributed by atoms with van der Waals surface area (Å²) in [4.78, 5) is 25.4. The molecule has 0 aromatic heterocycles. The Morgan fingerprint density at radius 3 is 2.74 bits per heavy atom. The van der Waals surface area contributed by atoms with Gasteiger partial charge in [-0.15, -0.1) is 0 Å². The number of carbonyl (C=O) groups excluding carboxylic acids is 2. The first-order valence-corrected chi connectivity index (χ1v) is 9.67. The highest BCUT2D eigenvalue weighted by molar-refractivity contribution is 9.10. The van der Waals surface area contributed by atoms with Crippen molar-refractivity contribution in [1.82, 2.24) is 5.32 Å². The van der Waals surface area contributed by atoms with E-state index in [2.05, 4.69) is 35.1 Å². The summed E-state index contributed by atoms with van der Waals surface area (Å²) in [5, 5.41) is 3.24. The topological polar surface area (TPSA) is 64.6 Å². The van der Waals surface area contributed by atoms with E-state index in [4.69, 9.17) is 9.47 Å². The molecule has 0 unspecified atom stereocenters. The molecule has 0 fully saturated rings. The molecule has 1 aromatic carbocycles. The lowest BCUT2D eigenvalue weighted by atomic mass is 9.78. The normalized spacial score (nSPS) is 24.8. The zero-order valence-corrected chi connectivity index (χ0v) is 16.6. The number of esters is 1. The third kappa shape index (κ3) is 3.12. The van der Waals surface area contributed by atoms with Crippen molar-refractivity contribution in [2.75, 3.05) is 13.2 Å². The number of dihydropyridines is 1. The Hall–Kier alpha value is -1.99. The number of halogens is 2. The van der Waals surface area contributed by atoms with Crippen LogP contribution in [0.15, 0.2) is 45.2 Å². The van der Waals surface area contributed by atoms with Crippen molar-refractivity contribution >= 4 is 27.7 Å². The van der Waals surface area contributed by atoms with E-state index in [0.717, 1.165) is 0 Å². The predicted octanol–water partition coefficient (Wildman–Crippen LogP) is 3.35. The van der Waals surface area contributed by atoms with Crippen LogP contribution in [0.2, 0.25) is 0 Å². The Bertz CT molecular complexity index is 905. The molecule has 142 valence electrons. The number of rotatable bonds is 3. The molecule has 0 saturated heterocycles. The average molecular weight is 436 g/mol. The van der Waals surface area contributed by atoms with Gasteiger partial charge in [0.25, 0.3) is 0 Å². The Morgan fingerprint density at radius 2 is 2.04 bits per heavy atom. The Kier molecular flexibility index (Phi) is 4.68. The molecule has 0 spiro atoms. The van der Waals surface area contributed by atoms with Gasteiger partial charge in [0, 0.05) is 17.2 Å². The summed E-state index contributed by atoms with van der Waals surface area (Å²) in [7, 11) is 0. The van der Waals surface area contributed by atoms with Gasteiger partial charge in [-0.3, -0.25) is 4.79 Å². The second-order valence-electron chi connectivity index (χ2n) is 7.39. The summed E-state index contributed by atoms with van der Waals surface area (Å²) in [6.07, 6.45) is 0.291. The van der Waals surface area contributed by atoms with Gasteiger partial charge >= 0.3 is 5.97 Å². The van der Waals surface area contributed by atoms with Crippen LogP contribution >= 0.6 is 15.9 Å². The molecule has 27 heavy (non-hydrogen) atoms. The summed E-state index contributed by atoms with van der Waals surface area (Å²) < 4.78 is 25.1. The summed E-state index contributed by atoms with van der Waals surface area (Å²) in [5.41, 5.74) is 2.95. The van der Waals surface area contributed by atoms with Gasteiger partial charge in [-0.05, 0) is 46.0 Å². The van der Waals surface area contributed by atoms with Gasteiger partial charge in [0.15, 0.2) is 5.78 Å². The van der Waals surface area contributed by atoms with Gasteiger partial charge in [-0.1, -0.05) is 19.9 Å². The molecule has 3 heterocycles. The van der Waals surface area contributed by atoms with Crippen molar-refractivity contribution in [1.29, 1.82) is 0 Å². The van der Waals surface area contributed by atoms with Crippen LogP contribution in [-0.4, -0.2) is 31.1 Å². The zero-order chi connectivity index (χ0) is 19.3. The third-order valence-electron chi connectivity index (χ3n) is 5.01. The first kappa shape index (κ1) is 18.4. The fourth-order valence-corrected chi connectivity index (χ4v) is 4.29. The van der Waals surface area contributed by atoms with Crippen molar-refractivity contribution in [3.8, 4) is 0 Å². The highest BCUT2D eigenvalue weighted by atomic mass is 79.9. The molecule has 1 N–H and O–H groups in total. The number of benzene rings is 1. The van der Waals surface area contributed by atoms with Crippen LogP contribution in [-0.2, 0) is 19.1 Å². The second-order valence-corrected chi connectivity index (χ2v) is 8.24. The highest BCUT2D eigenvalue weighted by Crippen LogP contribution is 2.45. The number of nitrogens with one attached hydrogen (secondary N) is 1. The first-order valence-electron chi connectivity index (χ1n) is 8.87. The van der Waals surface area contributed by atoms with Gasteiger partial charge in [-0.2, -0.15) is 0 Å². The van der Waals surface area contributed by atoms with Crippen LogP contribution < -0.4 is 5.32 Å². The summed E-state index contributed by atoms with van der Waals surface area (Å²) in [6, 6.07) is 4.56. The Labute approximate surface area is 164 Å². The highest BCUT2D eigenvalue weighted by Gasteiger charge is 2.46. The molecule has 0 radical (unpaired) electrons. The molecule has 3 aliphatic rings. The molecule has 1 aromatic rings. The van der Waals surface area contributed by atoms with E-state index in [1.165, 1.54) is 6.07 Å². The minimum absolute atomic E-state index is 0.0353. The predicted molar refractivity (Wildman–Crippen MR) is 99.2 cm³/mol. The van der Waals surface area contributed by atoms with Gasteiger partial charge in [0.2, 0.25) is 0 Å². The van der Waals surface area contributed by atoms with E-state index in [1.54, 1.807) is 12.1 Å². The van der Waals surface area contributed by atoms with Crippen LogP contribution in [0, 0.1) is 11.7 Å². The molecule has 3 aliphatic heterocycles. The lowest BCUT2D eigenvalue weighted by Crippen LogP contribution is -2.38. The number of carbonyl (C=O) groups is 2. The maximum absolute atomic E-state index is 13.8. The van der Waals surface area contributed by atoms with E-state index in [0.29, 0.717) is 40.4 Å². The van der Waals surface area contributed by atoms with Crippen molar-refractivity contribution in [3.05, 3.63) is 56.6 Å². The van der Waals surface area contributed by atoms with Gasteiger partial charge in [0.05, 0.1) is 22.3 Å². The molecule has 0 aliphatic carbocycles. The van der Waals surface area contributed by atoms with Crippen LogP contribution in [0.1, 0.15) is 31.7 Å². The van der Waals surface area contributed by atoms with Crippen LogP contribution in [0.25, 0.3) is 0 Å². The van der Waals surface area contributed by atoms with E-state index < -0.39 is 17.7 Å². The van der Waals surface area contributed by atoms with E-state index in [-0.39, 0.29) is 29.6 Å². The van der Waals surface area contributed by atoms with Crippen LogP contribution in [0.3, 0.4) is 0 Å². The summed E-state index contributed by atoms with van der Waals surface area (Å²) in [5.74, 6) is -1.27. The van der Waals surface area contributed by atoms with E-state index >= 15 is 0 Å². The molecule has 4 rings (SSSR count). The Morgan fingerprint density at radius 1 is 1.26 bits per heavy atom. The van der Waals surface area contributed by atoms with Crippen molar-refractivity contribution in [3.63, 3.8) is 0 Å². The minimum Gasteiger partial charge on any atom is -0.452 e. The molecule has 0 saturated carbocycles. The van der Waals surface area contributed by atoms with Crippen molar-refractivity contribution in [2.45, 2.75) is 32.3 Å². The van der Waals surface area contributed by atoms with Crippen LogP contribution in [0.4, 0.5) is 4.39 Å². The minimum atomic E-state index is -0.589. The largest absolute Gasteiger partial charge is 0.452 e. The monoisotopic (exact) mass is 435 g/mol. The number of cyclic esters (lactones) is 1. The molecule has 7 heteroatoms. The lowest BCUT2D eigenvalue weighted by Gasteiger charge is -2.33. The molecular weight excluding hydrogens is 417 g/mol. The maximum atomic E-state index is 13.8. The Balaban J connectivity index is 1.87. The van der Waals surface area contributed by atoms with Gasteiger partial charge in [0.1, 0.15) is 18.5 Å². The molecule has 2 atom stereocenters. The molecule has 0 bridgehead atoms. The van der Waals surface area contributed by atoms with Crippen molar-refractivity contribution < 1.29 is 23.5 Å². The lowest BCUT2D eigenvalue weighted by molar-refractivity contribution is -0.140. The molecule has 0 amide bonds. The van der Waals surface area contributed by atoms with Gasteiger partial charge < -0.3 is 14.8 Å². The van der Waals surface area contributed by atoms with E-state index in [1.807, 2.05) is 0 Å². The smallest absolute Gasteiger partial charge is 0.337 e. The second kappa shape index (κ2) is 6.87. The average Bonchev–Trinajstić information content (AvgIpc) is 2.91. The first-order chi connectivity index (χ1) is 12.9. The number of Topliss-reactive ketones (excluding diaryl/α,β-unsaturated/α-hetero) is 1. The standard InChI is InChI=1S/C20H19BrFNO4/c1-9(2)5-15-19-18(20(25)27-15)16(10-3-4-12(22)11(21)6-10)17-13(23-19)7-26-8-14(17)24/h3-4,6,9,15-16,23H,5,7-8H2,1-2H3/t15-,16+/m0/s1. The fraction of sp³-hybridized carbons (Fsp3) is 0.400. The maximum Gasteiger partial charge on any atom is 0.337 e. The summed E-state index contributed by atoms with van der Waals surface area (Å²) >= 11 is 3.20. The number of hydrogen-bond donors (Lipinski definition) is 1. The van der Waals surface area contributed by atoms with E-state index in [9.17, 15) is 14.0 Å². The fourth-order valence-electron chi connectivity index (χ4n) is 3.89. The van der Waals surface area contributed by atoms with Crippen LogP contribution in [0.5, 0.6) is 0 Å².